The number of nitrogens with zero attached hydrogens (tertiary/aromatic N) is 1. The lowest BCUT2D eigenvalue weighted by molar-refractivity contribution is 0.0506. The second-order valence-electron chi connectivity index (χ2n) is 7.37. The van der Waals surface area contributed by atoms with Gasteiger partial charge in [-0.3, -0.25) is 9.59 Å². The van der Waals surface area contributed by atoms with Crippen LogP contribution in [0.15, 0.2) is 24.3 Å². The predicted octanol–water partition coefficient (Wildman–Crippen LogP) is 3.58. The lowest BCUT2D eigenvalue weighted by Crippen LogP contribution is -2.41. The van der Waals surface area contributed by atoms with Crippen LogP contribution in [0.25, 0.3) is 0 Å². The molecule has 8 heteroatoms. The molecule has 1 fully saturated rings. The van der Waals surface area contributed by atoms with Gasteiger partial charge in [0.1, 0.15) is 5.69 Å². The van der Waals surface area contributed by atoms with Crippen molar-refractivity contribution in [3.8, 4) is 0 Å². The van der Waals surface area contributed by atoms with E-state index < -0.39 is 5.97 Å². The Morgan fingerprint density at radius 1 is 1.23 bits per heavy atom. The molecule has 7 nitrogen and oxygen atoms in total. The molecule has 1 saturated heterocycles. The molecular formula is C22H25ClN2O5. The number of esters is 1. The zero-order valence-electron chi connectivity index (χ0n) is 17.3. The number of nitrogens with one attached hydrogen (secondary N) is 1. The van der Waals surface area contributed by atoms with E-state index in [0.717, 1.165) is 12.8 Å². The van der Waals surface area contributed by atoms with Crippen molar-refractivity contribution in [2.45, 2.75) is 32.8 Å². The highest BCUT2D eigenvalue weighted by atomic mass is 35.5. The second kappa shape index (κ2) is 9.45. The molecule has 1 aromatic carbocycles. The first-order valence-corrected chi connectivity index (χ1v) is 10.2. The van der Waals surface area contributed by atoms with Crippen molar-refractivity contribution in [2.75, 3.05) is 26.8 Å². The van der Waals surface area contributed by atoms with Gasteiger partial charge in [0.25, 0.3) is 5.91 Å². The Labute approximate surface area is 180 Å². The number of H-pyrrole nitrogens is 1. The molecular weight excluding hydrogens is 408 g/mol. The molecule has 30 heavy (non-hydrogen) atoms. The molecule has 1 N–H and O–H groups in total. The fourth-order valence-electron chi connectivity index (χ4n) is 3.76. The number of aryl methyl sites for hydroxylation is 1. The Bertz CT molecular complexity index is 945. The third kappa shape index (κ3) is 4.74. The monoisotopic (exact) mass is 432 g/mol. The molecule has 1 atom stereocenters. The first kappa shape index (κ1) is 22.1. The first-order chi connectivity index (χ1) is 14.3. The van der Waals surface area contributed by atoms with Crippen LogP contribution in [0.3, 0.4) is 0 Å². The Morgan fingerprint density at radius 2 is 1.93 bits per heavy atom. The zero-order valence-corrected chi connectivity index (χ0v) is 18.0. The van der Waals surface area contributed by atoms with E-state index in [9.17, 15) is 14.4 Å². The van der Waals surface area contributed by atoms with Crippen molar-refractivity contribution >= 4 is 29.3 Å². The minimum Gasteiger partial charge on any atom is -0.464 e. The zero-order chi connectivity index (χ0) is 21.8. The molecule has 3 rings (SSSR count). The fourth-order valence-corrected chi connectivity index (χ4v) is 3.88. The summed E-state index contributed by atoms with van der Waals surface area (Å²) in [6.45, 7) is 4.26. The van der Waals surface area contributed by atoms with E-state index in [1.54, 1.807) is 38.1 Å². The molecule has 1 aliphatic heterocycles. The molecule has 1 amide bonds. The molecule has 160 valence electrons. The number of ether oxygens (including phenoxy) is 2. The van der Waals surface area contributed by atoms with E-state index in [1.165, 1.54) is 12.0 Å². The Hall–Kier alpha value is -2.64. The van der Waals surface area contributed by atoms with Crippen molar-refractivity contribution < 1.29 is 23.9 Å². The Morgan fingerprint density at radius 3 is 2.53 bits per heavy atom. The van der Waals surface area contributed by atoms with Gasteiger partial charge >= 0.3 is 5.97 Å². The van der Waals surface area contributed by atoms with Crippen molar-refractivity contribution in [1.29, 1.82) is 0 Å². The lowest BCUT2D eigenvalue weighted by atomic mass is 10.0. The van der Waals surface area contributed by atoms with Crippen LogP contribution in [-0.4, -0.2) is 60.5 Å². The van der Waals surface area contributed by atoms with Gasteiger partial charge in [-0.05, 0) is 56.5 Å². The van der Waals surface area contributed by atoms with Crippen molar-refractivity contribution in [1.82, 2.24) is 9.88 Å². The van der Waals surface area contributed by atoms with E-state index in [1.807, 2.05) is 0 Å². The average Bonchev–Trinajstić information content (AvgIpc) is 3.34. The summed E-state index contributed by atoms with van der Waals surface area (Å²) in [6, 6.07) is 6.56. The number of ketones is 1. The van der Waals surface area contributed by atoms with Crippen molar-refractivity contribution in [3.05, 3.63) is 57.4 Å². The van der Waals surface area contributed by atoms with Gasteiger partial charge in [0, 0.05) is 35.0 Å². The maximum Gasteiger partial charge on any atom is 0.354 e. The number of carbonyl (C=O) groups is 3. The molecule has 0 bridgehead atoms. The number of hydrogen-bond acceptors (Lipinski definition) is 5. The molecule has 0 spiro atoms. The number of methoxy groups -OCH3 is 1. The SMILES string of the molecule is COC(=O)c1[nH]c(C)c(C(=O)CN(CC2CCCO2)C(=O)c2ccc(Cl)cc2)c1C. The van der Waals surface area contributed by atoms with Gasteiger partial charge in [0.05, 0.1) is 19.8 Å². The maximum atomic E-state index is 13.2. The number of benzene rings is 1. The normalized spacial score (nSPS) is 15.8. The molecule has 1 unspecified atom stereocenters. The number of rotatable bonds is 7. The first-order valence-electron chi connectivity index (χ1n) is 9.79. The second-order valence-corrected chi connectivity index (χ2v) is 7.80. The minimum atomic E-state index is -0.539. The van der Waals surface area contributed by atoms with Crippen LogP contribution in [0.5, 0.6) is 0 Å². The smallest absolute Gasteiger partial charge is 0.354 e. The molecule has 2 heterocycles. The molecule has 0 radical (unpaired) electrons. The Kier molecular flexibility index (Phi) is 6.95. The molecule has 1 aromatic heterocycles. The van der Waals surface area contributed by atoms with Crippen LogP contribution in [0.2, 0.25) is 5.02 Å². The number of halogens is 1. The van der Waals surface area contributed by atoms with E-state index in [-0.39, 0.29) is 30.0 Å². The minimum absolute atomic E-state index is 0.104. The summed E-state index contributed by atoms with van der Waals surface area (Å²) < 4.78 is 10.4. The molecule has 1 aliphatic rings. The third-order valence-corrected chi connectivity index (χ3v) is 5.52. The highest BCUT2D eigenvalue weighted by molar-refractivity contribution is 6.30. The largest absolute Gasteiger partial charge is 0.464 e. The van der Waals surface area contributed by atoms with Gasteiger partial charge < -0.3 is 19.4 Å². The fraction of sp³-hybridized carbons (Fsp3) is 0.409. The summed E-state index contributed by atoms with van der Waals surface area (Å²) in [5, 5.41) is 0.530. The summed E-state index contributed by atoms with van der Waals surface area (Å²) in [6.07, 6.45) is 1.67. The van der Waals surface area contributed by atoms with Crippen molar-refractivity contribution in [3.63, 3.8) is 0 Å². The average molecular weight is 433 g/mol. The van der Waals surface area contributed by atoms with Gasteiger partial charge in [0.2, 0.25) is 0 Å². The summed E-state index contributed by atoms with van der Waals surface area (Å²) in [4.78, 5) is 42.7. The summed E-state index contributed by atoms with van der Waals surface area (Å²) in [7, 11) is 1.29. The number of aromatic amines is 1. The van der Waals surface area contributed by atoms with Crippen LogP contribution in [-0.2, 0) is 9.47 Å². The number of Topliss-reactive ketones (excluding diaryl/α,β-unsaturated/α-hetero) is 1. The number of aromatic nitrogens is 1. The molecule has 0 saturated carbocycles. The van der Waals surface area contributed by atoms with E-state index in [2.05, 4.69) is 4.98 Å². The van der Waals surface area contributed by atoms with Crippen LogP contribution in [0.1, 0.15) is 55.3 Å². The van der Waals surface area contributed by atoms with E-state index >= 15 is 0 Å². The summed E-state index contributed by atoms with van der Waals surface area (Å²) >= 11 is 5.93. The van der Waals surface area contributed by atoms with E-state index in [4.69, 9.17) is 21.1 Å². The van der Waals surface area contributed by atoms with Gasteiger partial charge in [0.15, 0.2) is 5.78 Å². The standard InChI is InChI=1S/C22H25ClN2O5/c1-13-19(14(2)24-20(13)22(28)29-3)18(26)12-25(11-17-5-4-10-30-17)21(27)15-6-8-16(23)9-7-15/h6-9,17,24H,4-5,10-12H2,1-3H3. The third-order valence-electron chi connectivity index (χ3n) is 5.27. The van der Waals surface area contributed by atoms with Gasteiger partial charge in [-0.15, -0.1) is 0 Å². The van der Waals surface area contributed by atoms with Crippen LogP contribution < -0.4 is 0 Å². The summed E-state index contributed by atoms with van der Waals surface area (Å²) in [5.41, 5.74) is 2.17. The van der Waals surface area contributed by atoms with Gasteiger partial charge in [-0.1, -0.05) is 11.6 Å². The van der Waals surface area contributed by atoms with Gasteiger partial charge in [-0.25, -0.2) is 4.79 Å². The molecule has 2 aromatic rings. The van der Waals surface area contributed by atoms with Crippen LogP contribution in [0, 0.1) is 13.8 Å². The number of hydrogen-bond donors (Lipinski definition) is 1. The van der Waals surface area contributed by atoms with Crippen LogP contribution in [0.4, 0.5) is 0 Å². The highest BCUT2D eigenvalue weighted by Gasteiger charge is 2.28. The topological polar surface area (TPSA) is 88.7 Å². The van der Waals surface area contributed by atoms with Crippen LogP contribution >= 0.6 is 11.6 Å². The quantitative estimate of drug-likeness (QED) is 0.533. The number of amides is 1. The van der Waals surface area contributed by atoms with E-state index in [0.29, 0.717) is 40.6 Å². The number of carbonyl (C=O) groups excluding carboxylic acids is 3. The Balaban J connectivity index is 1.86. The molecule has 0 aliphatic carbocycles. The lowest BCUT2D eigenvalue weighted by Gasteiger charge is -2.25. The van der Waals surface area contributed by atoms with Crippen molar-refractivity contribution in [2.24, 2.45) is 0 Å². The highest BCUT2D eigenvalue weighted by Crippen LogP contribution is 2.21. The predicted molar refractivity (Wildman–Crippen MR) is 112 cm³/mol. The maximum absolute atomic E-state index is 13.2. The summed E-state index contributed by atoms with van der Waals surface area (Å²) in [5.74, 6) is -1.06. The van der Waals surface area contributed by atoms with Gasteiger partial charge in [-0.2, -0.15) is 0 Å².